The molecule has 1 N–H and O–H groups in total. The molecule has 0 radical (unpaired) electrons. The van der Waals surface area contributed by atoms with Gasteiger partial charge in [0.2, 0.25) is 5.91 Å². The first-order chi connectivity index (χ1) is 11.6. The number of hydrogen-bond donors (Lipinski definition) is 1. The summed E-state index contributed by atoms with van der Waals surface area (Å²) in [6, 6.07) is 9.80. The third kappa shape index (κ3) is 4.03. The maximum atomic E-state index is 12.9. The molecule has 1 aliphatic rings. The summed E-state index contributed by atoms with van der Waals surface area (Å²) >= 11 is 0. The highest BCUT2D eigenvalue weighted by Crippen LogP contribution is 2.28. The zero-order valence-corrected chi connectivity index (χ0v) is 13.5. The molecule has 3 rings (SSSR count). The molecule has 1 amide bonds. The van der Waals surface area contributed by atoms with Gasteiger partial charge in [0.1, 0.15) is 17.7 Å². The highest BCUT2D eigenvalue weighted by atomic mass is 19.1. The number of aryl methyl sites for hydroxylation is 1. The second-order valence-electron chi connectivity index (χ2n) is 6.28. The molecule has 0 saturated carbocycles. The molecule has 5 heteroatoms. The molecule has 4 nitrogen and oxygen atoms in total. The summed E-state index contributed by atoms with van der Waals surface area (Å²) in [7, 11) is 0. The first kappa shape index (κ1) is 16.7. The molecule has 0 bridgehead atoms. The molecule has 1 aliphatic heterocycles. The van der Waals surface area contributed by atoms with Crippen LogP contribution in [0.25, 0.3) is 0 Å². The Balaban J connectivity index is 1.54. The summed E-state index contributed by atoms with van der Waals surface area (Å²) in [5.74, 6) is 0.366. The van der Waals surface area contributed by atoms with Crippen molar-refractivity contribution in [3.05, 3.63) is 59.8 Å². The number of carbonyl (C=O) groups excluding carboxylic acids is 1. The molecule has 1 aromatic carbocycles. The van der Waals surface area contributed by atoms with E-state index in [0.717, 1.165) is 24.9 Å². The quantitative estimate of drug-likeness (QED) is 0.882. The summed E-state index contributed by atoms with van der Waals surface area (Å²) in [5, 5.41) is 10.2. The minimum Gasteiger partial charge on any atom is -0.467 e. The Kier molecular flexibility index (Phi) is 5.30. The van der Waals surface area contributed by atoms with E-state index in [4.69, 9.17) is 4.42 Å². The van der Waals surface area contributed by atoms with E-state index in [1.54, 1.807) is 30.5 Å². The van der Waals surface area contributed by atoms with E-state index in [9.17, 15) is 14.3 Å². The lowest BCUT2D eigenvalue weighted by atomic mass is 10.0. The summed E-state index contributed by atoms with van der Waals surface area (Å²) in [6.07, 6.45) is 4.21. The van der Waals surface area contributed by atoms with Gasteiger partial charge in [-0.25, -0.2) is 4.39 Å². The highest BCUT2D eigenvalue weighted by molar-refractivity contribution is 5.77. The molecule has 1 saturated heterocycles. The van der Waals surface area contributed by atoms with E-state index in [0.29, 0.717) is 25.0 Å². The number of benzene rings is 1. The summed E-state index contributed by atoms with van der Waals surface area (Å²) in [5.41, 5.74) is 0.955. The number of likely N-dealkylation sites (tertiary alicyclic amines) is 1. The third-order valence-electron chi connectivity index (χ3n) is 4.61. The second-order valence-corrected chi connectivity index (χ2v) is 6.28. The standard InChI is InChI=1S/C19H22FNO3/c20-15-8-5-14(6-9-15)7-10-19(23)21-11-1-3-16(21)13-17(22)18-4-2-12-24-18/h2,4-6,8-9,12,16-17,22H,1,3,7,10-11,13H2/t16-,17-/m1/s1. The van der Waals surface area contributed by atoms with Crippen LogP contribution in [0, 0.1) is 5.82 Å². The number of furan rings is 1. The van der Waals surface area contributed by atoms with Crippen molar-refractivity contribution >= 4 is 5.91 Å². The fourth-order valence-electron chi connectivity index (χ4n) is 3.31. The second kappa shape index (κ2) is 7.62. The Morgan fingerprint density at radius 3 is 2.83 bits per heavy atom. The van der Waals surface area contributed by atoms with Gasteiger partial charge >= 0.3 is 0 Å². The molecule has 0 aliphatic carbocycles. The normalized spacial score (nSPS) is 18.8. The average molecular weight is 331 g/mol. The third-order valence-corrected chi connectivity index (χ3v) is 4.61. The topological polar surface area (TPSA) is 53.7 Å². The van der Waals surface area contributed by atoms with Gasteiger partial charge in [-0.3, -0.25) is 4.79 Å². The van der Waals surface area contributed by atoms with Crippen molar-refractivity contribution in [2.24, 2.45) is 0 Å². The molecule has 0 unspecified atom stereocenters. The molecular weight excluding hydrogens is 309 g/mol. The van der Waals surface area contributed by atoms with Crippen LogP contribution in [-0.2, 0) is 11.2 Å². The highest BCUT2D eigenvalue weighted by Gasteiger charge is 2.30. The minimum atomic E-state index is -0.685. The van der Waals surface area contributed by atoms with Gasteiger partial charge < -0.3 is 14.4 Å². The lowest BCUT2D eigenvalue weighted by Crippen LogP contribution is -2.36. The fourth-order valence-corrected chi connectivity index (χ4v) is 3.31. The smallest absolute Gasteiger partial charge is 0.223 e. The van der Waals surface area contributed by atoms with Gasteiger partial charge in [-0.1, -0.05) is 12.1 Å². The van der Waals surface area contributed by atoms with Crippen molar-refractivity contribution in [2.45, 2.75) is 44.2 Å². The predicted octanol–water partition coefficient (Wildman–Crippen LogP) is 3.47. The Labute approximate surface area is 140 Å². The van der Waals surface area contributed by atoms with Crippen molar-refractivity contribution in [1.29, 1.82) is 0 Å². The zero-order valence-electron chi connectivity index (χ0n) is 13.5. The number of amides is 1. The van der Waals surface area contributed by atoms with Crippen LogP contribution in [0.1, 0.15) is 43.1 Å². The summed E-state index contributed by atoms with van der Waals surface area (Å²) < 4.78 is 18.1. The molecule has 2 atom stereocenters. The number of carbonyl (C=O) groups is 1. The first-order valence-corrected chi connectivity index (χ1v) is 8.39. The maximum absolute atomic E-state index is 12.9. The lowest BCUT2D eigenvalue weighted by Gasteiger charge is -2.26. The molecule has 2 aromatic rings. The number of aliphatic hydroxyl groups excluding tert-OH is 1. The van der Waals surface area contributed by atoms with Crippen LogP contribution in [0.3, 0.4) is 0 Å². The van der Waals surface area contributed by atoms with Crippen molar-refractivity contribution in [3.8, 4) is 0 Å². The van der Waals surface area contributed by atoms with E-state index in [1.807, 2.05) is 4.90 Å². The van der Waals surface area contributed by atoms with Crippen molar-refractivity contribution in [3.63, 3.8) is 0 Å². The van der Waals surface area contributed by atoms with Crippen molar-refractivity contribution in [1.82, 2.24) is 4.90 Å². The Bertz CT molecular complexity index is 654. The van der Waals surface area contributed by atoms with E-state index >= 15 is 0 Å². The number of rotatable bonds is 6. The predicted molar refractivity (Wildman–Crippen MR) is 87.7 cm³/mol. The molecular formula is C19H22FNO3. The summed E-state index contributed by atoms with van der Waals surface area (Å²) in [6.45, 7) is 0.734. The van der Waals surface area contributed by atoms with Gasteiger partial charge in [0, 0.05) is 25.4 Å². The first-order valence-electron chi connectivity index (χ1n) is 8.39. The molecule has 24 heavy (non-hydrogen) atoms. The molecule has 1 aromatic heterocycles. The Morgan fingerprint density at radius 2 is 2.12 bits per heavy atom. The van der Waals surface area contributed by atoms with Crippen molar-refractivity contribution in [2.75, 3.05) is 6.54 Å². The fraction of sp³-hybridized carbons (Fsp3) is 0.421. The van der Waals surface area contributed by atoms with Crippen LogP contribution in [-0.4, -0.2) is 28.5 Å². The lowest BCUT2D eigenvalue weighted by molar-refractivity contribution is -0.132. The van der Waals surface area contributed by atoms with E-state index in [-0.39, 0.29) is 17.8 Å². The SMILES string of the molecule is O=C(CCc1ccc(F)cc1)N1CCC[C@@H]1C[C@@H](O)c1ccco1. The van der Waals surface area contributed by atoms with Gasteiger partial charge in [-0.2, -0.15) is 0 Å². The summed E-state index contributed by atoms with van der Waals surface area (Å²) in [4.78, 5) is 14.4. The minimum absolute atomic E-state index is 0.0471. The average Bonchev–Trinajstić information content (AvgIpc) is 3.25. The van der Waals surface area contributed by atoms with Crippen molar-refractivity contribution < 1.29 is 18.7 Å². The van der Waals surface area contributed by atoms with E-state index in [2.05, 4.69) is 0 Å². The van der Waals surface area contributed by atoms with Crippen LogP contribution < -0.4 is 0 Å². The number of hydrogen-bond acceptors (Lipinski definition) is 3. The van der Waals surface area contributed by atoms with Gasteiger partial charge in [-0.15, -0.1) is 0 Å². The Hall–Kier alpha value is -2.14. The van der Waals surface area contributed by atoms with E-state index in [1.165, 1.54) is 12.1 Å². The van der Waals surface area contributed by atoms with Crippen LogP contribution in [0.2, 0.25) is 0 Å². The van der Waals surface area contributed by atoms with Gasteiger partial charge in [-0.05, 0) is 49.1 Å². The van der Waals surface area contributed by atoms with Crippen LogP contribution in [0.5, 0.6) is 0 Å². The molecule has 2 heterocycles. The van der Waals surface area contributed by atoms with Crippen LogP contribution in [0.4, 0.5) is 4.39 Å². The molecule has 0 spiro atoms. The number of halogens is 1. The monoisotopic (exact) mass is 331 g/mol. The van der Waals surface area contributed by atoms with Crippen LogP contribution >= 0.6 is 0 Å². The number of nitrogens with zero attached hydrogens (tertiary/aromatic N) is 1. The van der Waals surface area contributed by atoms with Gasteiger partial charge in [0.15, 0.2) is 0 Å². The van der Waals surface area contributed by atoms with E-state index < -0.39 is 6.10 Å². The Morgan fingerprint density at radius 1 is 1.33 bits per heavy atom. The molecule has 128 valence electrons. The number of aliphatic hydroxyl groups is 1. The largest absolute Gasteiger partial charge is 0.467 e. The van der Waals surface area contributed by atoms with Crippen LogP contribution in [0.15, 0.2) is 47.1 Å². The molecule has 1 fully saturated rings. The van der Waals surface area contributed by atoms with Gasteiger partial charge in [0.05, 0.1) is 6.26 Å². The maximum Gasteiger partial charge on any atom is 0.223 e. The zero-order chi connectivity index (χ0) is 16.9. The van der Waals surface area contributed by atoms with Gasteiger partial charge in [0.25, 0.3) is 0 Å².